The van der Waals surface area contributed by atoms with Crippen molar-refractivity contribution in [3.05, 3.63) is 194 Å². The molecule has 17 nitrogen and oxygen atoms in total. The van der Waals surface area contributed by atoms with Gasteiger partial charge in [-0.25, -0.2) is 9.13 Å². The second-order valence-electron chi connectivity index (χ2n) is 27.6. The van der Waals surface area contributed by atoms with Gasteiger partial charge in [0.05, 0.1) is 26.4 Å². The van der Waals surface area contributed by atoms with Gasteiger partial charge < -0.3 is 33.8 Å². The molecule has 0 amide bonds. The predicted molar refractivity (Wildman–Crippen MR) is 463 cm³/mol. The summed E-state index contributed by atoms with van der Waals surface area (Å²) in [6, 6.07) is 0. The second kappa shape index (κ2) is 82.9. The molecule has 3 N–H and O–H groups in total. The normalized spacial score (nSPS) is 14.7. The number of aliphatic hydroxyl groups is 1. The number of carbonyl (C=O) groups excluding carboxylic acids is 4. The van der Waals surface area contributed by atoms with Crippen molar-refractivity contribution in [1.82, 2.24) is 0 Å². The monoisotopic (exact) mass is 1600 g/mol. The van der Waals surface area contributed by atoms with Crippen LogP contribution in [0.2, 0.25) is 0 Å². The number of ether oxygens (including phenoxy) is 4. The standard InChI is InChI=1S/C93H150O17P2/c1-5-9-13-17-21-25-29-33-37-40-43-46-50-54-58-62-66-70-74-78-91(96)104-84-89(110-93(98)80-76-72-68-64-60-56-52-48-45-42-39-35-31-27-23-19-15-11-7-3)86-108-112(101,102)106-82-87(94)81-105-111(99,100)107-85-88(83-103-90(95)77-73-69-65-61-57-53-49-36-32-28-24-20-16-12-8-4)109-92(97)79-75-71-67-63-59-55-51-47-44-41-38-34-30-26-22-18-14-10-6-2/h9,11,13,15,21-23,25-27,33-39,43-49,54-56,58-60,67,71,87-89,94H,5-8,10,12,14,16-20,24,28-32,40-42,50-53,57,61-66,68-70,72-86H2,1-4H3,(H,99,100)(H,101,102)/b13-9-,15-11-,25-21-,26-22-,27-23-,37-33-,38-34-,39-35-,46-43-,47-44-,48-45-,49-36-,58-54-,59-55-,60-56-,71-67-/t87-,88+,89+/m0/s1. The number of allylic oxidation sites excluding steroid dienone is 32. The second-order valence-corrected chi connectivity index (χ2v) is 30.6. The first-order chi connectivity index (χ1) is 54.7. The Morgan fingerprint density at radius 3 is 0.804 bits per heavy atom. The fraction of sp³-hybridized carbons (Fsp3) is 0.613. The smallest absolute Gasteiger partial charge is 0.462 e. The lowest BCUT2D eigenvalue weighted by Crippen LogP contribution is -2.30. The maximum Gasteiger partial charge on any atom is 0.472 e. The van der Waals surface area contributed by atoms with Crippen LogP contribution >= 0.6 is 15.6 Å². The van der Waals surface area contributed by atoms with Gasteiger partial charge >= 0.3 is 39.5 Å². The Morgan fingerprint density at radius 2 is 0.482 bits per heavy atom. The highest BCUT2D eigenvalue weighted by Crippen LogP contribution is 2.45. The van der Waals surface area contributed by atoms with Crippen LogP contribution in [0.25, 0.3) is 0 Å². The number of phosphoric ester groups is 2. The highest BCUT2D eigenvalue weighted by molar-refractivity contribution is 7.47. The molecule has 5 atom stereocenters. The molecule has 0 heterocycles. The van der Waals surface area contributed by atoms with Crippen LogP contribution < -0.4 is 0 Å². The van der Waals surface area contributed by atoms with Gasteiger partial charge in [-0.1, -0.05) is 299 Å². The summed E-state index contributed by atoms with van der Waals surface area (Å²) in [5, 5.41) is 10.7. The Labute approximate surface area is 678 Å². The lowest BCUT2D eigenvalue weighted by Gasteiger charge is -2.21. The summed E-state index contributed by atoms with van der Waals surface area (Å²) in [6.07, 6.45) is 103. The van der Waals surface area contributed by atoms with E-state index in [0.717, 1.165) is 167 Å². The van der Waals surface area contributed by atoms with Gasteiger partial charge in [0, 0.05) is 25.7 Å². The molecule has 0 aliphatic rings. The van der Waals surface area contributed by atoms with Gasteiger partial charge in [0.15, 0.2) is 12.2 Å². The van der Waals surface area contributed by atoms with Crippen molar-refractivity contribution >= 4 is 39.5 Å². The van der Waals surface area contributed by atoms with E-state index in [2.05, 4.69) is 204 Å². The summed E-state index contributed by atoms with van der Waals surface area (Å²) in [5.74, 6) is -2.37. The lowest BCUT2D eigenvalue weighted by atomic mass is 10.1. The van der Waals surface area contributed by atoms with Crippen LogP contribution in [0.15, 0.2) is 194 Å². The molecule has 0 aromatic heterocycles. The third-order valence-corrected chi connectivity index (χ3v) is 18.9. The van der Waals surface area contributed by atoms with Crippen LogP contribution in [0.5, 0.6) is 0 Å². The van der Waals surface area contributed by atoms with Gasteiger partial charge in [-0.15, -0.1) is 0 Å². The Bertz CT molecular complexity index is 2890. The average molecular weight is 1600 g/mol. The molecule has 0 saturated heterocycles. The van der Waals surface area contributed by atoms with Gasteiger partial charge in [0.1, 0.15) is 19.3 Å². The number of esters is 4. The predicted octanol–water partition coefficient (Wildman–Crippen LogP) is 25.7. The van der Waals surface area contributed by atoms with Crippen LogP contribution in [-0.2, 0) is 65.4 Å². The third-order valence-electron chi connectivity index (χ3n) is 17.0. The number of hydrogen-bond donors (Lipinski definition) is 3. The summed E-state index contributed by atoms with van der Waals surface area (Å²) < 4.78 is 68.7. The van der Waals surface area contributed by atoms with E-state index < -0.39 is 97.5 Å². The SMILES string of the molecule is CC/C=C\C/C=C\C/C=C\C/C=C\C/C=C\CCCCCC(=O)OC[C@H](COP(=O)(O)OC[C@@H](O)COP(=O)(O)OC[C@@H](COC(=O)CCCCCCC/C=C\CCCCCCCC)OC(=O)CC/C=C\C/C=C\C/C=C\C/C=C\C/C=C\CCCCC)OC(=O)CCCCC/C=C\C/C=C\C/C=C\C/C=C\C/C=C\CC. The van der Waals surface area contributed by atoms with E-state index in [4.69, 9.17) is 37.0 Å². The van der Waals surface area contributed by atoms with Crippen LogP contribution in [0.1, 0.15) is 310 Å². The Hall–Kier alpha value is -6.10. The van der Waals surface area contributed by atoms with Crippen molar-refractivity contribution in [3.8, 4) is 0 Å². The molecule has 0 rings (SSSR count). The minimum Gasteiger partial charge on any atom is -0.462 e. The maximum atomic E-state index is 13.1. The Kier molecular flexibility index (Phi) is 78.4. The van der Waals surface area contributed by atoms with Crippen molar-refractivity contribution in [2.45, 2.75) is 329 Å². The summed E-state index contributed by atoms with van der Waals surface area (Å²) >= 11 is 0. The molecule has 19 heteroatoms. The van der Waals surface area contributed by atoms with Gasteiger partial charge in [-0.05, 0) is 180 Å². The topological polar surface area (TPSA) is 237 Å². The van der Waals surface area contributed by atoms with Crippen molar-refractivity contribution < 1.29 is 80.2 Å². The van der Waals surface area contributed by atoms with E-state index in [1.165, 1.54) is 57.8 Å². The highest BCUT2D eigenvalue weighted by Gasteiger charge is 2.30. The maximum absolute atomic E-state index is 13.1. The summed E-state index contributed by atoms with van der Waals surface area (Å²) in [5.41, 5.74) is 0. The van der Waals surface area contributed by atoms with E-state index in [1.807, 2.05) is 18.2 Å². The first kappa shape index (κ1) is 106. The quantitative estimate of drug-likeness (QED) is 0.0169. The van der Waals surface area contributed by atoms with Gasteiger partial charge in [0.2, 0.25) is 0 Å². The molecule has 0 aliphatic carbocycles. The lowest BCUT2D eigenvalue weighted by molar-refractivity contribution is -0.161. The highest BCUT2D eigenvalue weighted by atomic mass is 31.2. The van der Waals surface area contributed by atoms with Crippen LogP contribution in [0, 0.1) is 0 Å². The minimum atomic E-state index is -5.02. The van der Waals surface area contributed by atoms with Crippen molar-refractivity contribution in [1.29, 1.82) is 0 Å². The molecule has 0 bridgehead atoms. The molecule has 0 aromatic carbocycles. The zero-order valence-electron chi connectivity index (χ0n) is 69.5. The Morgan fingerprint density at radius 1 is 0.259 bits per heavy atom. The summed E-state index contributed by atoms with van der Waals surface area (Å²) in [4.78, 5) is 73.2. The number of rotatable bonds is 78. The van der Waals surface area contributed by atoms with Gasteiger partial charge in [-0.3, -0.25) is 37.3 Å². The fourth-order valence-corrected chi connectivity index (χ4v) is 12.2. The summed E-state index contributed by atoms with van der Waals surface area (Å²) in [6.45, 7) is 4.44. The molecule has 0 aromatic rings. The largest absolute Gasteiger partial charge is 0.472 e. The molecule has 634 valence electrons. The molecular formula is C93H150O17P2. The first-order valence-corrected chi connectivity index (χ1v) is 45.7. The first-order valence-electron chi connectivity index (χ1n) is 42.7. The average Bonchev–Trinajstić information content (AvgIpc) is 0.908. The van der Waals surface area contributed by atoms with E-state index in [0.29, 0.717) is 32.1 Å². The van der Waals surface area contributed by atoms with Crippen LogP contribution in [0.4, 0.5) is 0 Å². The summed E-state index contributed by atoms with van der Waals surface area (Å²) in [7, 11) is -10.0. The van der Waals surface area contributed by atoms with Crippen LogP contribution in [0.3, 0.4) is 0 Å². The third kappa shape index (κ3) is 81.9. The molecule has 0 saturated carbocycles. The minimum absolute atomic E-state index is 0.0376. The van der Waals surface area contributed by atoms with E-state index in [9.17, 15) is 43.2 Å². The molecule has 112 heavy (non-hydrogen) atoms. The number of unbranched alkanes of at least 4 members (excludes halogenated alkanes) is 20. The molecule has 0 radical (unpaired) electrons. The Balaban J connectivity index is 5.55. The molecular weight excluding hydrogens is 1450 g/mol. The van der Waals surface area contributed by atoms with E-state index >= 15 is 0 Å². The molecule has 0 spiro atoms. The zero-order valence-corrected chi connectivity index (χ0v) is 71.3. The van der Waals surface area contributed by atoms with Crippen molar-refractivity contribution in [3.63, 3.8) is 0 Å². The van der Waals surface area contributed by atoms with Gasteiger partial charge in [0.25, 0.3) is 0 Å². The van der Waals surface area contributed by atoms with Crippen LogP contribution in [-0.4, -0.2) is 96.7 Å². The van der Waals surface area contributed by atoms with E-state index in [-0.39, 0.29) is 25.7 Å². The number of phosphoric acid groups is 2. The number of carbonyl (C=O) groups is 4. The van der Waals surface area contributed by atoms with Crippen molar-refractivity contribution in [2.24, 2.45) is 0 Å². The fourth-order valence-electron chi connectivity index (χ4n) is 10.6. The number of hydrogen-bond acceptors (Lipinski definition) is 15. The van der Waals surface area contributed by atoms with Crippen molar-refractivity contribution in [2.75, 3.05) is 39.6 Å². The van der Waals surface area contributed by atoms with E-state index in [1.54, 1.807) is 0 Å². The zero-order chi connectivity index (χ0) is 81.7. The molecule has 0 fully saturated rings. The van der Waals surface area contributed by atoms with Gasteiger partial charge in [-0.2, -0.15) is 0 Å². The molecule has 0 aliphatic heterocycles. The number of aliphatic hydroxyl groups excluding tert-OH is 1. The molecule has 2 unspecified atom stereocenters.